The zero-order valence-electron chi connectivity index (χ0n) is 13.4. The molecule has 1 aromatic carbocycles. The summed E-state index contributed by atoms with van der Waals surface area (Å²) in [7, 11) is 0. The molecule has 3 aromatic rings. The first-order valence-electron chi connectivity index (χ1n) is 8.24. The fourth-order valence-corrected chi connectivity index (χ4v) is 4.43. The summed E-state index contributed by atoms with van der Waals surface area (Å²) in [6, 6.07) is 6.45. The zero-order chi connectivity index (χ0) is 16.7. The van der Waals surface area contributed by atoms with Crippen LogP contribution in [0.2, 0.25) is 0 Å². The number of aryl methyl sites for hydroxylation is 1. The number of aromatic nitrogens is 3. The van der Waals surface area contributed by atoms with Gasteiger partial charge in [-0.2, -0.15) is 4.52 Å². The Balaban J connectivity index is 1.82. The second-order valence-corrected chi connectivity index (χ2v) is 7.07. The molecule has 5 nitrogen and oxygen atoms in total. The number of aromatic hydroxyl groups is 1. The van der Waals surface area contributed by atoms with Crippen LogP contribution in [0.15, 0.2) is 24.3 Å². The van der Waals surface area contributed by atoms with Crippen LogP contribution in [0.4, 0.5) is 4.39 Å². The lowest BCUT2D eigenvalue weighted by atomic mass is 10.0. The van der Waals surface area contributed by atoms with Gasteiger partial charge >= 0.3 is 0 Å². The first-order valence-corrected chi connectivity index (χ1v) is 9.06. The predicted molar refractivity (Wildman–Crippen MR) is 91.0 cm³/mol. The third-order valence-corrected chi connectivity index (χ3v) is 5.57. The van der Waals surface area contributed by atoms with Gasteiger partial charge in [0, 0.05) is 6.42 Å². The van der Waals surface area contributed by atoms with Gasteiger partial charge < -0.3 is 5.11 Å². The van der Waals surface area contributed by atoms with Crippen LogP contribution in [0.3, 0.4) is 0 Å². The van der Waals surface area contributed by atoms with Crippen molar-refractivity contribution in [3.63, 3.8) is 0 Å². The Bertz CT molecular complexity index is 851. The second kappa shape index (κ2) is 6.14. The van der Waals surface area contributed by atoms with Crippen LogP contribution in [0.25, 0.3) is 4.96 Å². The molecule has 24 heavy (non-hydrogen) atoms. The van der Waals surface area contributed by atoms with Crippen molar-refractivity contribution < 1.29 is 9.50 Å². The number of rotatable bonds is 4. The molecule has 126 valence electrons. The van der Waals surface area contributed by atoms with Gasteiger partial charge in [0.1, 0.15) is 5.82 Å². The number of hydrogen-bond acceptors (Lipinski definition) is 5. The molecule has 0 bridgehead atoms. The molecule has 1 atom stereocenters. The zero-order valence-corrected chi connectivity index (χ0v) is 14.3. The maximum atomic E-state index is 13.3. The molecule has 2 aromatic heterocycles. The summed E-state index contributed by atoms with van der Waals surface area (Å²) in [5.74, 6) is 0.615. The second-order valence-electron chi connectivity index (χ2n) is 6.06. The van der Waals surface area contributed by atoms with Gasteiger partial charge in [-0.1, -0.05) is 30.4 Å². The molecular formula is C17H19FN4OS. The minimum Gasteiger partial charge on any atom is -0.492 e. The van der Waals surface area contributed by atoms with Crippen LogP contribution in [0, 0.1) is 5.82 Å². The Morgan fingerprint density at radius 2 is 1.96 bits per heavy atom. The number of halogens is 1. The van der Waals surface area contributed by atoms with E-state index in [1.54, 1.807) is 12.1 Å². The van der Waals surface area contributed by atoms with Gasteiger partial charge in [-0.05, 0) is 43.6 Å². The number of hydrogen-bond donors (Lipinski definition) is 1. The summed E-state index contributed by atoms with van der Waals surface area (Å²) in [4.78, 5) is 8.31. The third kappa shape index (κ3) is 2.57. The summed E-state index contributed by atoms with van der Waals surface area (Å²) < 4.78 is 14.8. The van der Waals surface area contributed by atoms with Crippen molar-refractivity contribution >= 4 is 16.3 Å². The molecule has 3 heterocycles. The minimum atomic E-state index is -0.251. The highest BCUT2D eigenvalue weighted by atomic mass is 32.1. The summed E-state index contributed by atoms with van der Waals surface area (Å²) in [6.07, 6.45) is 3.01. The molecule has 1 aliphatic heterocycles. The molecule has 0 amide bonds. The molecule has 1 aliphatic rings. The summed E-state index contributed by atoms with van der Waals surface area (Å²) >= 11 is 1.46. The van der Waals surface area contributed by atoms with Crippen LogP contribution in [0.1, 0.15) is 42.1 Å². The van der Waals surface area contributed by atoms with E-state index in [0.29, 0.717) is 4.96 Å². The van der Waals surface area contributed by atoms with E-state index in [1.807, 2.05) is 6.92 Å². The highest BCUT2D eigenvalue weighted by Gasteiger charge is 2.31. The van der Waals surface area contributed by atoms with Crippen molar-refractivity contribution in [3.05, 3.63) is 46.3 Å². The van der Waals surface area contributed by atoms with E-state index >= 15 is 0 Å². The molecule has 7 heteroatoms. The van der Waals surface area contributed by atoms with Gasteiger partial charge in [0.05, 0.1) is 10.9 Å². The average molecular weight is 346 g/mol. The van der Waals surface area contributed by atoms with Gasteiger partial charge in [0.25, 0.3) is 0 Å². The Hall–Kier alpha value is -1.99. The van der Waals surface area contributed by atoms with Crippen LogP contribution in [0.5, 0.6) is 5.88 Å². The van der Waals surface area contributed by atoms with E-state index in [-0.39, 0.29) is 17.7 Å². The van der Waals surface area contributed by atoms with Crippen LogP contribution in [-0.2, 0) is 6.42 Å². The SMILES string of the molecule is CCc1nc2sc([C@@H](c3ccc(F)cc3)N3CCCC3)c(O)n2n1. The van der Waals surface area contributed by atoms with Crippen molar-refractivity contribution in [1.82, 2.24) is 19.5 Å². The molecule has 1 fully saturated rings. The first-order chi connectivity index (χ1) is 11.7. The molecule has 0 spiro atoms. The molecular weight excluding hydrogens is 327 g/mol. The monoisotopic (exact) mass is 346 g/mol. The van der Waals surface area contributed by atoms with Gasteiger partial charge in [0.2, 0.25) is 10.8 Å². The highest BCUT2D eigenvalue weighted by molar-refractivity contribution is 7.17. The van der Waals surface area contributed by atoms with E-state index in [9.17, 15) is 9.50 Å². The fourth-order valence-electron chi connectivity index (χ4n) is 3.29. The average Bonchev–Trinajstić information content (AvgIpc) is 3.29. The molecule has 1 saturated heterocycles. The van der Waals surface area contributed by atoms with E-state index in [2.05, 4.69) is 15.0 Å². The smallest absolute Gasteiger partial charge is 0.230 e. The first kappa shape index (κ1) is 15.5. The van der Waals surface area contributed by atoms with Gasteiger partial charge in [-0.15, -0.1) is 5.10 Å². The predicted octanol–water partition coefficient (Wildman–Crippen LogP) is 3.38. The standard InChI is InChI=1S/C17H19FN4OS/c1-2-13-19-17-22(20-13)16(23)15(24-17)14(21-9-3-4-10-21)11-5-7-12(18)8-6-11/h5-8,14,23H,2-4,9-10H2,1H3/t14-/m1/s1. The Kier molecular flexibility index (Phi) is 3.97. The Morgan fingerprint density at radius 3 is 2.58 bits per heavy atom. The van der Waals surface area contributed by atoms with Gasteiger partial charge in [-0.3, -0.25) is 4.90 Å². The lowest BCUT2D eigenvalue weighted by Crippen LogP contribution is -2.26. The quantitative estimate of drug-likeness (QED) is 0.787. The van der Waals surface area contributed by atoms with Gasteiger partial charge in [-0.25, -0.2) is 9.37 Å². The molecule has 0 unspecified atom stereocenters. The highest BCUT2D eigenvalue weighted by Crippen LogP contribution is 2.41. The van der Waals surface area contributed by atoms with E-state index in [0.717, 1.165) is 48.6 Å². The van der Waals surface area contributed by atoms with Crippen LogP contribution in [-0.4, -0.2) is 37.7 Å². The summed E-state index contributed by atoms with van der Waals surface area (Å²) in [5, 5.41) is 15.1. The molecule has 0 radical (unpaired) electrons. The van der Waals surface area contributed by atoms with Crippen LogP contribution >= 0.6 is 11.3 Å². The van der Waals surface area contributed by atoms with Crippen molar-refractivity contribution in [3.8, 4) is 5.88 Å². The maximum absolute atomic E-state index is 13.3. The maximum Gasteiger partial charge on any atom is 0.230 e. The molecule has 1 N–H and O–H groups in total. The van der Waals surface area contributed by atoms with E-state index in [1.165, 1.54) is 28.0 Å². The van der Waals surface area contributed by atoms with Crippen molar-refractivity contribution in [2.75, 3.05) is 13.1 Å². The molecule has 4 rings (SSSR count). The van der Waals surface area contributed by atoms with Crippen molar-refractivity contribution in [1.29, 1.82) is 0 Å². The number of benzene rings is 1. The Morgan fingerprint density at radius 1 is 1.25 bits per heavy atom. The lowest BCUT2D eigenvalue weighted by molar-refractivity contribution is 0.277. The largest absolute Gasteiger partial charge is 0.492 e. The topological polar surface area (TPSA) is 53.7 Å². The summed E-state index contributed by atoms with van der Waals surface area (Å²) in [5.41, 5.74) is 0.980. The fraction of sp³-hybridized carbons (Fsp3) is 0.412. The van der Waals surface area contributed by atoms with E-state index < -0.39 is 0 Å². The number of thiazole rings is 1. The lowest BCUT2D eigenvalue weighted by Gasteiger charge is -2.27. The summed E-state index contributed by atoms with van der Waals surface area (Å²) in [6.45, 7) is 3.92. The number of nitrogens with zero attached hydrogens (tertiary/aromatic N) is 4. The molecule has 0 saturated carbocycles. The van der Waals surface area contributed by atoms with Gasteiger partial charge in [0.15, 0.2) is 5.82 Å². The van der Waals surface area contributed by atoms with Crippen molar-refractivity contribution in [2.24, 2.45) is 0 Å². The van der Waals surface area contributed by atoms with Crippen LogP contribution < -0.4 is 0 Å². The normalized spacial score (nSPS) is 16.9. The van der Waals surface area contributed by atoms with Crippen molar-refractivity contribution in [2.45, 2.75) is 32.2 Å². The number of fused-ring (bicyclic) bond motifs is 1. The van der Waals surface area contributed by atoms with E-state index in [4.69, 9.17) is 0 Å². The Labute approximate surface area is 143 Å². The molecule has 0 aliphatic carbocycles. The minimum absolute atomic E-state index is 0.0910. The third-order valence-electron chi connectivity index (χ3n) is 4.50. The number of likely N-dealkylation sites (tertiary alicyclic amines) is 1.